The lowest BCUT2D eigenvalue weighted by Gasteiger charge is -2.40. The number of carboxylic acid groups (broad SMARTS) is 1. The molecule has 20 heavy (non-hydrogen) atoms. The van der Waals surface area contributed by atoms with Crippen LogP contribution in [0.2, 0.25) is 0 Å². The number of likely N-dealkylation sites (tertiary alicyclic amines) is 1. The Bertz CT molecular complexity index is 366. The summed E-state index contributed by atoms with van der Waals surface area (Å²) in [6.45, 7) is 8.75. The zero-order chi connectivity index (χ0) is 15.5. The van der Waals surface area contributed by atoms with E-state index in [1.54, 1.807) is 18.7 Å². The average Bonchev–Trinajstić information content (AvgIpc) is 2.37. The monoisotopic (exact) mass is 284 g/mol. The van der Waals surface area contributed by atoms with Gasteiger partial charge in [-0.15, -0.1) is 0 Å². The van der Waals surface area contributed by atoms with Crippen molar-refractivity contribution in [2.24, 2.45) is 23.0 Å². The summed E-state index contributed by atoms with van der Waals surface area (Å²) in [6.07, 6.45) is 2.37. The Morgan fingerprint density at radius 2 is 2.00 bits per heavy atom. The van der Waals surface area contributed by atoms with E-state index in [-0.39, 0.29) is 11.8 Å². The first-order valence-electron chi connectivity index (χ1n) is 7.44. The summed E-state index contributed by atoms with van der Waals surface area (Å²) < 4.78 is 0. The van der Waals surface area contributed by atoms with E-state index in [1.807, 2.05) is 13.8 Å². The van der Waals surface area contributed by atoms with Gasteiger partial charge >= 0.3 is 5.97 Å². The van der Waals surface area contributed by atoms with Crippen LogP contribution in [0.25, 0.3) is 0 Å². The van der Waals surface area contributed by atoms with Crippen molar-refractivity contribution < 1.29 is 14.7 Å². The maximum atomic E-state index is 12.3. The largest absolute Gasteiger partial charge is 0.481 e. The van der Waals surface area contributed by atoms with Gasteiger partial charge in [-0.3, -0.25) is 9.59 Å². The second-order valence-electron chi connectivity index (χ2n) is 6.89. The third-order valence-electron chi connectivity index (χ3n) is 4.35. The third-order valence-corrected chi connectivity index (χ3v) is 4.35. The molecule has 5 heteroatoms. The summed E-state index contributed by atoms with van der Waals surface area (Å²) in [4.78, 5) is 25.4. The van der Waals surface area contributed by atoms with Crippen molar-refractivity contribution in [3.05, 3.63) is 0 Å². The second kappa shape index (κ2) is 6.57. The lowest BCUT2D eigenvalue weighted by atomic mass is 9.74. The molecule has 0 spiro atoms. The van der Waals surface area contributed by atoms with Crippen LogP contribution >= 0.6 is 0 Å². The van der Waals surface area contributed by atoms with Crippen molar-refractivity contribution in [1.82, 2.24) is 4.90 Å². The maximum absolute atomic E-state index is 12.3. The van der Waals surface area contributed by atoms with E-state index in [4.69, 9.17) is 5.73 Å². The SMILES string of the molecule is CC(C)C[C@@H](N)C(=O)N1CCCC(C(C)(C)C(=O)O)C1. The molecular weight excluding hydrogens is 256 g/mol. The van der Waals surface area contributed by atoms with E-state index >= 15 is 0 Å². The highest BCUT2D eigenvalue weighted by Crippen LogP contribution is 2.34. The minimum Gasteiger partial charge on any atom is -0.481 e. The molecule has 0 saturated carbocycles. The molecule has 0 aliphatic carbocycles. The predicted molar refractivity (Wildman–Crippen MR) is 78.2 cm³/mol. The van der Waals surface area contributed by atoms with Crippen LogP contribution in [-0.4, -0.2) is 41.0 Å². The maximum Gasteiger partial charge on any atom is 0.309 e. The van der Waals surface area contributed by atoms with Crippen LogP contribution in [0.5, 0.6) is 0 Å². The number of piperidine rings is 1. The fraction of sp³-hybridized carbons (Fsp3) is 0.867. The van der Waals surface area contributed by atoms with E-state index < -0.39 is 17.4 Å². The summed E-state index contributed by atoms with van der Waals surface area (Å²) in [5, 5.41) is 9.32. The molecule has 5 nitrogen and oxygen atoms in total. The second-order valence-corrected chi connectivity index (χ2v) is 6.89. The molecule has 0 radical (unpaired) electrons. The number of amides is 1. The molecule has 116 valence electrons. The van der Waals surface area contributed by atoms with Crippen LogP contribution < -0.4 is 5.73 Å². The summed E-state index contributed by atoms with van der Waals surface area (Å²) in [6, 6.07) is -0.471. The Kier molecular flexibility index (Phi) is 5.57. The summed E-state index contributed by atoms with van der Waals surface area (Å²) in [5.41, 5.74) is 5.15. The highest BCUT2D eigenvalue weighted by Gasteiger charge is 2.40. The van der Waals surface area contributed by atoms with Crippen LogP contribution in [0.4, 0.5) is 0 Å². The van der Waals surface area contributed by atoms with Crippen LogP contribution in [0.15, 0.2) is 0 Å². The topological polar surface area (TPSA) is 83.6 Å². The fourth-order valence-corrected chi connectivity index (χ4v) is 2.78. The molecule has 1 fully saturated rings. The molecule has 1 saturated heterocycles. The molecule has 0 bridgehead atoms. The summed E-state index contributed by atoms with van der Waals surface area (Å²) in [5.74, 6) is -0.471. The fourth-order valence-electron chi connectivity index (χ4n) is 2.78. The normalized spacial score (nSPS) is 21.9. The van der Waals surface area contributed by atoms with Gasteiger partial charge in [-0.25, -0.2) is 0 Å². The Morgan fingerprint density at radius 1 is 1.40 bits per heavy atom. The van der Waals surface area contributed by atoms with Crippen LogP contribution in [-0.2, 0) is 9.59 Å². The van der Waals surface area contributed by atoms with Crippen molar-refractivity contribution in [2.75, 3.05) is 13.1 Å². The Labute approximate surface area is 121 Å². The van der Waals surface area contributed by atoms with Crippen molar-refractivity contribution in [1.29, 1.82) is 0 Å². The van der Waals surface area contributed by atoms with Gasteiger partial charge in [-0.05, 0) is 44.9 Å². The van der Waals surface area contributed by atoms with Crippen LogP contribution in [0, 0.1) is 17.3 Å². The molecule has 1 unspecified atom stereocenters. The zero-order valence-corrected chi connectivity index (χ0v) is 13.1. The van der Waals surface area contributed by atoms with Gasteiger partial charge in [-0.1, -0.05) is 13.8 Å². The minimum atomic E-state index is -0.804. The van der Waals surface area contributed by atoms with Gasteiger partial charge in [0.05, 0.1) is 11.5 Å². The van der Waals surface area contributed by atoms with E-state index in [0.29, 0.717) is 25.4 Å². The molecule has 1 rings (SSSR count). The number of nitrogens with two attached hydrogens (primary N) is 1. The van der Waals surface area contributed by atoms with E-state index in [2.05, 4.69) is 0 Å². The minimum absolute atomic E-state index is 0.0102. The smallest absolute Gasteiger partial charge is 0.309 e. The molecule has 1 amide bonds. The Morgan fingerprint density at radius 3 is 2.50 bits per heavy atom. The van der Waals surface area contributed by atoms with Gasteiger partial charge in [-0.2, -0.15) is 0 Å². The summed E-state index contributed by atoms with van der Waals surface area (Å²) >= 11 is 0. The van der Waals surface area contributed by atoms with E-state index in [9.17, 15) is 14.7 Å². The molecule has 0 aromatic heterocycles. The number of nitrogens with zero attached hydrogens (tertiary/aromatic N) is 1. The zero-order valence-electron chi connectivity index (χ0n) is 13.1. The Balaban J connectivity index is 2.70. The molecule has 1 aliphatic heterocycles. The highest BCUT2D eigenvalue weighted by molar-refractivity contribution is 5.82. The van der Waals surface area contributed by atoms with Gasteiger partial charge in [0.25, 0.3) is 0 Å². The lowest BCUT2D eigenvalue weighted by molar-refractivity contribution is -0.153. The number of rotatable bonds is 5. The highest BCUT2D eigenvalue weighted by atomic mass is 16.4. The predicted octanol–water partition coefficient (Wildman–Crippen LogP) is 1.71. The molecule has 2 atom stereocenters. The number of hydrogen-bond acceptors (Lipinski definition) is 3. The van der Waals surface area contributed by atoms with E-state index in [1.165, 1.54) is 0 Å². The molecule has 3 N–H and O–H groups in total. The van der Waals surface area contributed by atoms with Crippen molar-refractivity contribution >= 4 is 11.9 Å². The number of hydrogen-bond donors (Lipinski definition) is 2. The van der Waals surface area contributed by atoms with Gasteiger partial charge < -0.3 is 15.7 Å². The average molecular weight is 284 g/mol. The molecule has 1 heterocycles. The molecule has 0 aromatic rings. The third kappa shape index (κ3) is 3.95. The first-order valence-corrected chi connectivity index (χ1v) is 7.44. The number of carbonyl (C=O) groups excluding carboxylic acids is 1. The first-order chi connectivity index (χ1) is 9.16. The standard InChI is InChI=1S/C15H28N2O3/c1-10(2)8-12(16)13(18)17-7-5-6-11(9-17)15(3,4)14(19)20/h10-12H,5-9,16H2,1-4H3,(H,19,20)/t11?,12-/m1/s1. The number of carboxylic acids is 1. The quantitative estimate of drug-likeness (QED) is 0.805. The molecule has 1 aliphatic rings. The lowest BCUT2D eigenvalue weighted by Crippen LogP contribution is -2.51. The van der Waals surface area contributed by atoms with Gasteiger partial charge in [0.1, 0.15) is 0 Å². The van der Waals surface area contributed by atoms with Gasteiger partial charge in [0, 0.05) is 13.1 Å². The van der Waals surface area contributed by atoms with Crippen molar-refractivity contribution in [3.63, 3.8) is 0 Å². The molecular formula is C15H28N2O3. The van der Waals surface area contributed by atoms with Crippen molar-refractivity contribution in [2.45, 2.75) is 53.0 Å². The van der Waals surface area contributed by atoms with Crippen LogP contribution in [0.3, 0.4) is 0 Å². The Hall–Kier alpha value is -1.10. The van der Waals surface area contributed by atoms with E-state index in [0.717, 1.165) is 12.8 Å². The molecule has 0 aromatic carbocycles. The first kappa shape index (κ1) is 17.0. The van der Waals surface area contributed by atoms with Gasteiger partial charge in [0.15, 0.2) is 0 Å². The van der Waals surface area contributed by atoms with Crippen LogP contribution in [0.1, 0.15) is 47.0 Å². The van der Waals surface area contributed by atoms with Crippen molar-refractivity contribution in [3.8, 4) is 0 Å². The summed E-state index contributed by atoms with van der Waals surface area (Å²) in [7, 11) is 0. The van der Waals surface area contributed by atoms with Gasteiger partial charge in [0.2, 0.25) is 5.91 Å². The number of carbonyl (C=O) groups is 2. The number of aliphatic carboxylic acids is 1.